The largest absolute Gasteiger partial charge is 0.207 e. The van der Waals surface area contributed by atoms with Gasteiger partial charge < -0.3 is 0 Å². The van der Waals surface area contributed by atoms with E-state index in [1.54, 1.807) is 18.2 Å². The van der Waals surface area contributed by atoms with E-state index in [-0.39, 0.29) is 5.82 Å². The fraction of sp³-hybridized carbons (Fsp3) is 0.100. The first kappa shape index (κ1) is 9.82. The zero-order chi connectivity index (χ0) is 9.68. The Hall–Kier alpha value is -1.27. The molecule has 13 heavy (non-hydrogen) atoms. The van der Waals surface area contributed by atoms with Gasteiger partial charge in [-0.2, -0.15) is 5.26 Å². The molecule has 0 spiro atoms. The van der Waals surface area contributed by atoms with Crippen LogP contribution in [0.5, 0.6) is 0 Å². The summed E-state index contributed by atoms with van der Waals surface area (Å²) in [4.78, 5) is 0.617. The Balaban J connectivity index is 2.92. The summed E-state index contributed by atoms with van der Waals surface area (Å²) in [5.41, 5.74) is 0.840. The number of allylic oxidation sites excluding steroid dienone is 1. The Morgan fingerprint density at radius 1 is 1.46 bits per heavy atom. The molecule has 0 heterocycles. The number of thioether (sulfide) groups is 1. The van der Waals surface area contributed by atoms with Gasteiger partial charge in [-0.25, -0.2) is 4.39 Å². The molecule has 1 aromatic rings. The van der Waals surface area contributed by atoms with Crippen LogP contribution in [-0.4, -0.2) is 6.26 Å². The lowest BCUT2D eigenvalue weighted by molar-refractivity contribution is 0.628. The van der Waals surface area contributed by atoms with Crippen molar-refractivity contribution < 1.29 is 4.39 Å². The Morgan fingerprint density at radius 3 is 2.54 bits per heavy atom. The minimum Gasteiger partial charge on any atom is -0.207 e. The predicted molar refractivity (Wildman–Crippen MR) is 53.5 cm³/mol. The normalized spacial score (nSPS) is 11.0. The minimum absolute atomic E-state index is 0.264. The van der Waals surface area contributed by atoms with Gasteiger partial charge in [0.1, 0.15) is 11.9 Å². The molecule has 0 aromatic heterocycles. The van der Waals surface area contributed by atoms with Crippen molar-refractivity contribution in [2.45, 2.75) is 0 Å². The van der Waals surface area contributed by atoms with Crippen LogP contribution in [0, 0.1) is 17.1 Å². The number of hydrogen-bond donors (Lipinski definition) is 0. The number of halogens is 1. The minimum atomic E-state index is -0.264. The molecule has 0 amide bonds. The van der Waals surface area contributed by atoms with Crippen molar-refractivity contribution in [1.82, 2.24) is 0 Å². The predicted octanol–water partition coefficient (Wildman–Crippen LogP) is 3.05. The van der Waals surface area contributed by atoms with E-state index in [9.17, 15) is 4.39 Å². The maximum absolute atomic E-state index is 12.5. The SMILES string of the molecule is CSC(C#N)=Cc1ccc(F)cc1. The van der Waals surface area contributed by atoms with Gasteiger partial charge in [0.2, 0.25) is 0 Å². The smallest absolute Gasteiger partial charge is 0.123 e. The standard InChI is InChI=1S/C10H8FNS/c1-13-10(7-12)6-8-2-4-9(11)5-3-8/h2-6H,1H3. The second-order valence-electron chi connectivity index (χ2n) is 2.38. The molecule has 1 nitrogen and oxygen atoms in total. The van der Waals surface area contributed by atoms with Crippen LogP contribution in [0.3, 0.4) is 0 Å². The van der Waals surface area contributed by atoms with Crippen molar-refractivity contribution in [2.75, 3.05) is 6.26 Å². The summed E-state index contributed by atoms with van der Waals surface area (Å²) in [5, 5.41) is 8.63. The lowest BCUT2D eigenvalue weighted by Crippen LogP contribution is -1.76. The number of hydrogen-bond acceptors (Lipinski definition) is 2. The van der Waals surface area contributed by atoms with Crippen molar-refractivity contribution >= 4 is 17.8 Å². The van der Waals surface area contributed by atoms with Gasteiger partial charge in [-0.1, -0.05) is 12.1 Å². The molecule has 66 valence electrons. The van der Waals surface area contributed by atoms with E-state index in [1.165, 1.54) is 23.9 Å². The first-order valence-electron chi connectivity index (χ1n) is 3.67. The molecule has 0 fully saturated rings. The van der Waals surface area contributed by atoms with Gasteiger partial charge in [0.15, 0.2) is 0 Å². The quantitative estimate of drug-likeness (QED) is 0.674. The molecule has 0 bridgehead atoms. The average molecular weight is 193 g/mol. The Kier molecular flexibility index (Phi) is 3.53. The maximum Gasteiger partial charge on any atom is 0.123 e. The second kappa shape index (κ2) is 4.68. The zero-order valence-corrected chi connectivity index (χ0v) is 7.94. The summed E-state index contributed by atoms with van der Waals surface area (Å²) in [6.07, 6.45) is 3.56. The molecule has 0 unspecified atom stereocenters. The van der Waals surface area contributed by atoms with Gasteiger partial charge in [-0.15, -0.1) is 11.8 Å². The van der Waals surface area contributed by atoms with Crippen LogP contribution in [0.4, 0.5) is 4.39 Å². The highest BCUT2D eigenvalue weighted by Gasteiger charge is 1.93. The molecule has 0 saturated carbocycles. The Morgan fingerprint density at radius 2 is 2.08 bits per heavy atom. The van der Waals surface area contributed by atoms with Crippen molar-refractivity contribution in [2.24, 2.45) is 0 Å². The molecule has 0 aliphatic rings. The molecule has 0 N–H and O–H groups in total. The molecular weight excluding hydrogens is 185 g/mol. The van der Waals surface area contributed by atoms with E-state index >= 15 is 0 Å². The van der Waals surface area contributed by atoms with Crippen LogP contribution in [0.1, 0.15) is 5.56 Å². The molecule has 0 saturated heterocycles. The first-order valence-corrected chi connectivity index (χ1v) is 4.90. The first-order chi connectivity index (χ1) is 6.26. The highest BCUT2D eigenvalue weighted by Crippen LogP contribution is 2.15. The molecule has 0 radical (unpaired) electrons. The number of rotatable bonds is 2. The van der Waals surface area contributed by atoms with Crippen LogP contribution >= 0.6 is 11.8 Å². The number of nitriles is 1. The highest BCUT2D eigenvalue weighted by molar-refractivity contribution is 8.02. The van der Waals surface area contributed by atoms with Gasteiger partial charge in [0.25, 0.3) is 0 Å². The second-order valence-corrected chi connectivity index (χ2v) is 3.22. The van der Waals surface area contributed by atoms with E-state index in [0.717, 1.165) is 5.56 Å². The highest BCUT2D eigenvalue weighted by atomic mass is 32.2. The third-order valence-corrected chi connectivity index (χ3v) is 2.15. The van der Waals surface area contributed by atoms with Crippen LogP contribution in [0.2, 0.25) is 0 Å². The van der Waals surface area contributed by atoms with Gasteiger partial charge >= 0.3 is 0 Å². The molecule has 1 aromatic carbocycles. The van der Waals surface area contributed by atoms with E-state index < -0.39 is 0 Å². The Labute approximate surface area is 80.9 Å². The van der Waals surface area contributed by atoms with Crippen molar-refractivity contribution in [3.05, 3.63) is 40.6 Å². The lowest BCUT2D eigenvalue weighted by Gasteiger charge is -1.94. The summed E-state index contributed by atoms with van der Waals surface area (Å²) in [5.74, 6) is -0.264. The third kappa shape index (κ3) is 2.92. The van der Waals surface area contributed by atoms with Gasteiger partial charge in [-0.05, 0) is 30.0 Å². The third-order valence-electron chi connectivity index (χ3n) is 1.50. The summed E-state index contributed by atoms with van der Waals surface area (Å²) in [7, 11) is 0. The van der Waals surface area contributed by atoms with E-state index in [2.05, 4.69) is 0 Å². The van der Waals surface area contributed by atoms with Gasteiger partial charge in [0.05, 0.1) is 4.91 Å². The average Bonchev–Trinajstić information content (AvgIpc) is 2.17. The summed E-state index contributed by atoms with van der Waals surface area (Å²) < 4.78 is 12.5. The summed E-state index contributed by atoms with van der Waals surface area (Å²) in [6, 6.07) is 8.08. The van der Waals surface area contributed by atoms with Crippen molar-refractivity contribution in [3.63, 3.8) is 0 Å². The molecule has 0 aliphatic heterocycles. The summed E-state index contributed by atoms with van der Waals surface area (Å²) in [6.45, 7) is 0. The van der Waals surface area contributed by atoms with Crippen LogP contribution in [0.25, 0.3) is 6.08 Å². The Bertz CT molecular complexity index is 348. The van der Waals surface area contributed by atoms with E-state index in [0.29, 0.717) is 4.91 Å². The molecule has 0 aliphatic carbocycles. The van der Waals surface area contributed by atoms with Crippen molar-refractivity contribution in [1.29, 1.82) is 5.26 Å². The van der Waals surface area contributed by atoms with E-state index in [4.69, 9.17) is 5.26 Å². The molecule has 0 atom stereocenters. The fourth-order valence-corrected chi connectivity index (χ4v) is 1.19. The number of nitrogens with zero attached hydrogens (tertiary/aromatic N) is 1. The zero-order valence-electron chi connectivity index (χ0n) is 7.12. The lowest BCUT2D eigenvalue weighted by atomic mass is 10.2. The van der Waals surface area contributed by atoms with Crippen molar-refractivity contribution in [3.8, 4) is 6.07 Å². The van der Waals surface area contributed by atoms with Crippen LogP contribution in [-0.2, 0) is 0 Å². The number of benzene rings is 1. The van der Waals surface area contributed by atoms with Gasteiger partial charge in [0, 0.05) is 0 Å². The fourth-order valence-electron chi connectivity index (χ4n) is 0.847. The van der Waals surface area contributed by atoms with Gasteiger partial charge in [-0.3, -0.25) is 0 Å². The molecule has 3 heteroatoms. The van der Waals surface area contributed by atoms with Crippen LogP contribution < -0.4 is 0 Å². The molecule has 1 rings (SSSR count). The van der Waals surface area contributed by atoms with E-state index in [1.807, 2.05) is 12.3 Å². The topological polar surface area (TPSA) is 23.8 Å². The monoisotopic (exact) mass is 193 g/mol. The molecular formula is C10H8FNS. The van der Waals surface area contributed by atoms with Crippen LogP contribution in [0.15, 0.2) is 29.2 Å². The summed E-state index contributed by atoms with van der Waals surface area (Å²) >= 11 is 1.38. The maximum atomic E-state index is 12.5.